The van der Waals surface area contributed by atoms with Crippen molar-refractivity contribution in [1.29, 1.82) is 0 Å². The Kier molecular flexibility index (Phi) is 3.26. The molecule has 0 aliphatic carbocycles. The second kappa shape index (κ2) is 4.09. The molecule has 6 N–H and O–H groups in total. The maximum atomic E-state index is 5.68. The molecule has 0 atom stereocenters. The average Bonchev–Trinajstić information content (AvgIpc) is 2.07. The predicted molar refractivity (Wildman–Crippen MR) is 59.4 cm³/mol. The van der Waals surface area contributed by atoms with Gasteiger partial charge in [0, 0.05) is 5.56 Å². The highest BCUT2D eigenvalue weighted by molar-refractivity contribution is 5.37. The minimum atomic E-state index is -1.23. The number of hydrogen-bond donors (Lipinski definition) is 3. The van der Waals surface area contributed by atoms with Crippen LogP contribution in [0, 0.1) is 6.92 Å². The van der Waals surface area contributed by atoms with Gasteiger partial charge in [0.15, 0.2) is 0 Å². The SMILES string of the molecule is CCCc1cccc(C(N)(N)N)c1C. The molecule has 0 aromatic heterocycles. The maximum absolute atomic E-state index is 5.68. The molecule has 1 aromatic carbocycles. The Morgan fingerprint density at radius 1 is 1.21 bits per heavy atom. The van der Waals surface area contributed by atoms with Crippen molar-refractivity contribution in [1.82, 2.24) is 0 Å². The Bertz CT molecular complexity index is 313. The summed E-state index contributed by atoms with van der Waals surface area (Å²) in [6.07, 6.45) is 2.15. The fourth-order valence-corrected chi connectivity index (χ4v) is 1.69. The van der Waals surface area contributed by atoms with Crippen molar-refractivity contribution >= 4 is 0 Å². The lowest BCUT2D eigenvalue weighted by atomic mass is 9.96. The van der Waals surface area contributed by atoms with Crippen LogP contribution in [0.15, 0.2) is 18.2 Å². The van der Waals surface area contributed by atoms with Crippen LogP contribution in [0.1, 0.15) is 30.0 Å². The van der Waals surface area contributed by atoms with E-state index in [0.29, 0.717) is 0 Å². The molecule has 78 valence electrons. The van der Waals surface area contributed by atoms with E-state index in [1.54, 1.807) is 0 Å². The first-order chi connectivity index (χ1) is 6.46. The summed E-state index contributed by atoms with van der Waals surface area (Å²) in [6.45, 7) is 4.16. The van der Waals surface area contributed by atoms with Gasteiger partial charge in [-0.15, -0.1) is 0 Å². The predicted octanol–water partition coefficient (Wildman–Crippen LogP) is 0.934. The molecule has 1 rings (SSSR count). The minimum absolute atomic E-state index is 0.823. The van der Waals surface area contributed by atoms with Crippen molar-refractivity contribution in [2.45, 2.75) is 32.5 Å². The fourth-order valence-electron chi connectivity index (χ4n) is 1.69. The van der Waals surface area contributed by atoms with Gasteiger partial charge >= 0.3 is 0 Å². The van der Waals surface area contributed by atoms with Crippen molar-refractivity contribution in [2.75, 3.05) is 0 Å². The molecule has 3 heteroatoms. The summed E-state index contributed by atoms with van der Waals surface area (Å²) in [6, 6.07) is 5.93. The van der Waals surface area contributed by atoms with E-state index >= 15 is 0 Å². The zero-order valence-corrected chi connectivity index (χ0v) is 8.88. The number of aryl methyl sites for hydroxylation is 1. The van der Waals surface area contributed by atoms with Gasteiger partial charge in [-0.1, -0.05) is 31.5 Å². The van der Waals surface area contributed by atoms with E-state index in [-0.39, 0.29) is 0 Å². The van der Waals surface area contributed by atoms with Crippen molar-refractivity contribution in [3.05, 3.63) is 34.9 Å². The Balaban J connectivity index is 3.14. The van der Waals surface area contributed by atoms with Gasteiger partial charge in [0.1, 0.15) is 5.79 Å². The van der Waals surface area contributed by atoms with E-state index in [4.69, 9.17) is 17.2 Å². The Morgan fingerprint density at radius 3 is 2.36 bits per heavy atom. The Morgan fingerprint density at radius 2 is 1.86 bits per heavy atom. The molecule has 0 unspecified atom stereocenters. The topological polar surface area (TPSA) is 78.1 Å². The minimum Gasteiger partial charge on any atom is -0.297 e. The van der Waals surface area contributed by atoms with Gasteiger partial charge in [-0.3, -0.25) is 17.2 Å². The third kappa shape index (κ3) is 2.32. The number of nitrogens with two attached hydrogens (primary N) is 3. The first-order valence-electron chi connectivity index (χ1n) is 4.92. The van der Waals surface area contributed by atoms with Crippen LogP contribution in [0.4, 0.5) is 0 Å². The summed E-state index contributed by atoms with van der Waals surface area (Å²) in [5.74, 6) is -1.23. The van der Waals surface area contributed by atoms with Gasteiger partial charge in [0.2, 0.25) is 0 Å². The summed E-state index contributed by atoms with van der Waals surface area (Å²) in [5.41, 5.74) is 20.2. The molecule has 0 aliphatic rings. The highest BCUT2D eigenvalue weighted by Crippen LogP contribution is 2.18. The normalized spacial score (nSPS) is 11.8. The zero-order valence-electron chi connectivity index (χ0n) is 8.88. The van der Waals surface area contributed by atoms with E-state index in [0.717, 1.165) is 24.0 Å². The van der Waals surface area contributed by atoms with E-state index in [1.165, 1.54) is 5.56 Å². The van der Waals surface area contributed by atoms with Crippen molar-refractivity contribution in [3.63, 3.8) is 0 Å². The lowest BCUT2D eigenvalue weighted by Crippen LogP contribution is -2.54. The second-order valence-electron chi connectivity index (χ2n) is 3.77. The summed E-state index contributed by atoms with van der Waals surface area (Å²) in [7, 11) is 0. The zero-order chi connectivity index (χ0) is 10.8. The molecule has 0 spiro atoms. The molecule has 0 bridgehead atoms. The van der Waals surface area contributed by atoms with Crippen molar-refractivity contribution < 1.29 is 0 Å². The maximum Gasteiger partial charge on any atom is 0.143 e. The van der Waals surface area contributed by atoms with Crippen molar-refractivity contribution in [3.8, 4) is 0 Å². The molecule has 0 aliphatic heterocycles. The molecule has 0 amide bonds. The molecule has 3 nitrogen and oxygen atoms in total. The number of benzene rings is 1. The van der Waals surface area contributed by atoms with Gasteiger partial charge in [-0.25, -0.2) is 0 Å². The number of hydrogen-bond acceptors (Lipinski definition) is 3. The smallest absolute Gasteiger partial charge is 0.143 e. The van der Waals surface area contributed by atoms with Crippen LogP contribution in [-0.2, 0) is 12.2 Å². The lowest BCUT2D eigenvalue weighted by Gasteiger charge is -2.22. The molecule has 0 radical (unpaired) electrons. The molecule has 0 saturated carbocycles. The van der Waals surface area contributed by atoms with Crippen LogP contribution in [0.3, 0.4) is 0 Å². The quantitative estimate of drug-likeness (QED) is 0.625. The Hall–Kier alpha value is -0.900. The fraction of sp³-hybridized carbons (Fsp3) is 0.455. The van der Waals surface area contributed by atoms with Crippen LogP contribution in [0.25, 0.3) is 0 Å². The highest BCUT2D eigenvalue weighted by atomic mass is 15.1. The number of rotatable bonds is 3. The summed E-state index contributed by atoms with van der Waals surface area (Å²) < 4.78 is 0. The molecule has 0 heterocycles. The molecule has 0 fully saturated rings. The molecule has 1 aromatic rings. The van der Waals surface area contributed by atoms with Gasteiger partial charge in [-0.2, -0.15) is 0 Å². The van der Waals surface area contributed by atoms with Gasteiger partial charge in [-0.05, 0) is 24.5 Å². The van der Waals surface area contributed by atoms with E-state index in [9.17, 15) is 0 Å². The monoisotopic (exact) mass is 193 g/mol. The Labute approximate surface area is 85.3 Å². The van der Waals surface area contributed by atoms with E-state index in [2.05, 4.69) is 13.0 Å². The largest absolute Gasteiger partial charge is 0.297 e. The highest BCUT2D eigenvalue weighted by Gasteiger charge is 2.18. The van der Waals surface area contributed by atoms with Crippen LogP contribution >= 0.6 is 0 Å². The van der Waals surface area contributed by atoms with Gasteiger partial charge in [0.25, 0.3) is 0 Å². The van der Waals surface area contributed by atoms with E-state index in [1.807, 2.05) is 19.1 Å². The first-order valence-corrected chi connectivity index (χ1v) is 4.92. The van der Waals surface area contributed by atoms with Crippen molar-refractivity contribution in [2.24, 2.45) is 17.2 Å². The lowest BCUT2D eigenvalue weighted by molar-refractivity contribution is 0.485. The van der Waals surface area contributed by atoms with Crippen LogP contribution in [-0.4, -0.2) is 0 Å². The second-order valence-corrected chi connectivity index (χ2v) is 3.77. The summed E-state index contributed by atoms with van der Waals surface area (Å²) in [4.78, 5) is 0. The van der Waals surface area contributed by atoms with Crippen LogP contribution in [0.5, 0.6) is 0 Å². The molecular weight excluding hydrogens is 174 g/mol. The average molecular weight is 193 g/mol. The van der Waals surface area contributed by atoms with E-state index < -0.39 is 5.79 Å². The molecule has 14 heavy (non-hydrogen) atoms. The molecular formula is C11H19N3. The first kappa shape index (κ1) is 11.2. The van der Waals surface area contributed by atoms with Crippen LogP contribution < -0.4 is 17.2 Å². The summed E-state index contributed by atoms with van der Waals surface area (Å²) >= 11 is 0. The standard InChI is InChI=1S/C11H19N3/c1-3-5-9-6-4-7-10(8(9)2)11(12,13)14/h4,6-7H,3,5,12-14H2,1-2H3. The third-order valence-electron chi connectivity index (χ3n) is 2.43. The van der Waals surface area contributed by atoms with Gasteiger partial charge < -0.3 is 0 Å². The van der Waals surface area contributed by atoms with Crippen LogP contribution in [0.2, 0.25) is 0 Å². The van der Waals surface area contributed by atoms with Gasteiger partial charge in [0.05, 0.1) is 0 Å². The third-order valence-corrected chi connectivity index (χ3v) is 2.43. The molecule has 0 saturated heterocycles. The summed E-state index contributed by atoms with van der Waals surface area (Å²) in [5, 5.41) is 0.